The first-order valence-corrected chi connectivity index (χ1v) is 11.4. The van der Waals surface area contributed by atoms with E-state index in [0.29, 0.717) is 25.7 Å². The van der Waals surface area contributed by atoms with Crippen molar-refractivity contribution >= 4 is 30.3 Å². The van der Waals surface area contributed by atoms with Gasteiger partial charge >= 0.3 is 11.9 Å². The van der Waals surface area contributed by atoms with Gasteiger partial charge in [0, 0.05) is 6.04 Å². The molecule has 1 aliphatic rings. The highest BCUT2D eigenvalue weighted by Crippen LogP contribution is 2.26. The molecule has 184 valence electrons. The number of carboxylic acid groups (broad SMARTS) is 1. The van der Waals surface area contributed by atoms with Gasteiger partial charge in [-0.05, 0) is 56.2 Å². The summed E-state index contributed by atoms with van der Waals surface area (Å²) in [6.07, 6.45) is 2.36. The molecule has 2 atom stereocenters. The Balaban J connectivity index is 0.00000408. The molecule has 2 aromatic carbocycles. The van der Waals surface area contributed by atoms with Crippen molar-refractivity contribution in [3.05, 3.63) is 71.3 Å². The number of benzene rings is 2. The Morgan fingerprint density at radius 3 is 2.21 bits per heavy atom. The average molecular weight is 489 g/mol. The number of hydrogen-bond donors (Lipinski definition) is 2. The van der Waals surface area contributed by atoms with Crippen molar-refractivity contribution in [3.63, 3.8) is 0 Å². The Morgan fingerprint density at radius 1 is 1.06 bits per heavy atom. The molecule has 34 heavy (non-hydrogen) atoms. The van der Waals surface area contributed by atoms with Crippen LogP contribution in [0, 0.1) is 0 Å². The third kappa shape index (κ3) is 7.30. The number of nitrogens with one attached hydrogen (secondary N) is 1. The Morgan fingerprint density at radius 2 is 1.65 bits per heavy atom. The minimum absolute atomic E-state index is 0. The first-order valence-electron chi connectivity index (χ1n) is 11.4. The molecule has 2 N–H and O–H groups in total. The zero-order chi connectivity index (χ0) is 23.8. The van der Waals surface area contributed by atoms with E-state index in [1.54, 1.807) is 13.8 Å². The molecule has 8 heteroatoms. The van der Waals surface area contributed by atoms with Gasteiger partial charge in [-0.1, -0.05) is 54.6 Å². The first kappa shape index (κ1) is 27.3. The molecular formula is C26H33ClN2O5. The van der Waals surface area contributed by atoms with Gasteiger partial charge in [0.1, 0.15) is 12.6 Å². The number of carboxylic acids is 1. The van der Waals surface area contributed by atoms with Gasteiger partial charge in [0.15, 0.2) is 0 Å². The van der Waals surface area contributed by atoms with Gasteiger partial charge in [-0.15, -0.1) is 12.4 Å². The lowest BCUT2D eigenvalue weighted by atomic mass is 10.0. The van der Waals surface area contributed by atoms with E-state index in [4.69, 9.17) is 4.74 Å². The number of aryl methyl sites for hydroxylation is 1. The van der Waals surface area contributed by atoms with E-state index in [2.05, 4.69) is 5.32 Å². The molecule has 0 spiro atoms. The van der Waals surface area contributed by atoms with Gasteiger partial charge in [-0.3, -0.25) is 19.7 Å². The topological polar surface area (TPSA) is 95.9 Å². The average Bonchev–Trinajstić information content (AvgIpc) is 3.24. The monoisotopic (exact) mass is 488 g/mol. The van der Waals surface area contributed by atoms with Gasteiger partial charge in [-0.25, -0.2) is 0 Å². The summed E-state index contributed by atoms with van der Waals surface area (Å²) in [5, 5.41) is 12.6. The molecule has 2 aromatic rings. The second kappa shape index (κ2) is 13.1. The molecule has 0 bridgehead atoms. The Hall–Kier alpha value is -2.90. The van der Waals surface area contributed by atoms with Crippen LogP contribution in [0.5, 0.6) is 0 Å². The number of halogens is 1. The SMILES string of the molecule is CCOC(=O)[C@@H](CCc1ccccc1)N[C@@H](C)C(=O)N(CC(=O)O)C1Cc2ccccc2C1.Cl. The molecule has 0 aromatic heterocycles. The Kier molecular flexibility index (Phi) is 10.5. The van der Waals surface area contributed by atoms with Crippen LogP contribution in [0.3, 0.4) is 0 Å². The van der Waals surface area contributed by atoms with Crippen molar-refractivity contribution in [1.29, 1.82) is 0 Å². The molecule has 0 heterocycles. The zero-order valence-corrected chi connectivity index (χ0v) is 20.4. The van der Waals surface area contributed by atoms with Crippen molar-refractivity contribution in [2.24, 2.45) is 0 Å². The van der Waals surface area contributed by atoms with E-state index in [1.165, 1.54) is 4.90 Å². The molecule has 0 saturated heterocycles. The number of fused-ring (bicyclic) bond motifs is 1. The highest BCUT2D eigenvalue weighted by Gasteiger charge is 2.34. The van der Waals surface area contributed by atoms with Gasteiger partial charge in [0.25, 0.3) is 0 Å². The predicted octanol–water partition coefficient (Wildman–Crippen LogP) is 3.03. The minimum atomic E-state index is -1.06. The van der Waals surface area contributed by atoms with Crippen molar-refractivity contribution in [2.75, 3.05) is 13.2 Å². The summed E-state index contributed by atoms with van der Waals surface area (Å²) in [7, 11) is 0. The van der Waals surface area contributed by atoms with Gasteiger partial charge in [-0.2, -0.15) is 0 Å². The molecule has 0 aliphatic heterocycles. The summed E-state index contributed by atoms with van der Waals surface area (Å²) in [5.74, 6) is -1.80. The summed E-state index contributed by atoms with van der Waals surface area (Å²) in [5.41, 5.74) is 3.36. The van der Waals surface area contributed by atoms with E-state index in [1.807, 2.05) is 54.6 Å². The largest absolute Gasteiger partial charge is 0.480 e. The number of hydrogen-bond acceptors (Lipinski definition) is 5. The maximum Gasteiger partial charge on any atom is 0.323 e. The van der Waals surface area contributed by atoms with Crippen LogP contribution in [0.4, 0.5) is 0 Å². The van der Waals surface area contributed by atoms with E-state index in [9.17, 15) is 19.5 Å². The summed E-state index contributed by atoms with van der Waals surface area (Å²) >= 11 is 0. The highest BCUT2D eigenvalue weighted by atomic mass is 35.5. The van der Waals surface area contributed by atoms with Crippen LogP contribution in [-0.4, -0.2) is 59.1 Å². The van der Waals surface area contributed by atoms with Crippen LogP contribution >= 0.6 is 12.4 Å². The quantitative estimate of drug-likeness (QED) is 0.472. The fraction of sp³-hybridized carbons (Fsp3) is 0.423. The lowest BCUT2D eigenvalue weighted by molar-refractivity contribution is -0.149. The summed E-state index contributed by atoms with van der Waals surface area (Å²) < 4.78 is 5.22. The number of carbonyl (C=O) groups is 3. The van der Waals surface area contributed by atoms with E-state index >= 15 is 0 Å². The van der Waals surface area contributed by atoms with Crippen molar-refractivity contribution < 1.29 is 24.2 Å². The second-order valence-corrected chi connectivity index (χ2v) is 8.41. The lowest BCUT2D eigenvalue weighted by Gasteiger charge is -2.31. The summed E-state index contributed by atoms with van der Waals surface area (Å²) in [6, 6.07) is 16.1. The first-order chi connectivity index (χ1) is 15.9. The van der Waals surface area contributed by atoms with Gasteiger partial charge < -0.3 is 14.7 Å². The predicted molar refractivity (Wildman–Crippen MR) is 132 cm³/mol. The molecule has 3 rings (SSSR count). The summed E-state index contributed by atoms with van der Waals surface area (Å²) in [6.45, 7) is 3.29. The molecule has 0 radical (unpaired) electrons. The number of nitrogens with zero attached hydrogens (tertiary/aromatic N) is 1. The molecule has 0 saturated carbocycles. The number of rotatable bonds is 11. The van der Waals surface area contributed by atoms with Gasteiger partial charge in [0.2, 0.25) is 5.91 Å². The van der Waals surface area contributed by atoms with E-state index in [-0.39, 0.29) is 37.5 Å². The maximum atomic E-state index is 13.4. The van der Waals surface area contributed by atoms with E-state index < -0.39 is 24.0 Å². The fourth-order valence-corrected chi connectivity index (χ4v) is 4.38. The molecule has 7 nitrogen and oxygen atoms in total. The molecule has 1 amide bonds. The Labute approximate surface area is 206 Å². The molecule has 0 fully saturated rings. The van der Waals surface area contributed by atoms with Crippen LogP contribution < -0.4 is 5.32 Å². The molecule has 0 unspecified atom stereocenters. The second-order valence-electron chi connectivity index (χ2n) is 8.41. The normalized spacial score (nSPS) is 14.4. The number of esters is 1. The summed E-state index contributed by atoms with van der Waals surface area (Å²) in [4.78, 5) is 38.9. The fourth-order valence-electron chi connectivity index (χ4n) is 4.38. The third-order valence-electron chi connectivity index (χ3n) is 6.02. The number of carbonyl (C=O) groups excluding carboxylic acids is 2. The maximum absolute atomic E-state index is 13.4. The van der Waals surface area contributed by atoms with Crippen molar-refractivity contribution in [2.45, 2.75) is 57.7 Å². The van der Waals surface area contributed by atoms with Crippen LogP contribution in [0.25, 0.3) is 0 Å². The molecular weight excluding hydrogens is 456 g/mol. The van der Waals surface area contributed by atoms with Crippen LogP contribution in [0.2, 0.25) is 0 Å². The highest BCUT2D eigenvalue weighted by molar-refractivity contribution is 5.86. The zero-order valence-electron chi connectivity index (χ0n) is 19.6. The number of ether oxygens (including phenoxy) is 1. The number of aliphatic carboxylic acids is 1. The molecule has 1 aliphatic carbocycles. The lowest BCUT2D eigenvalue weighted by Crippen LogP contribution is -2.54. The smallest absolute Gasteiger partial charge is 0.323 e. The Bertz CT molecular complexity index is 944. The number of amides is 1. The minimum Gasteiger partial charge on any atom is -0.480 e. The van der Waals surface area contributed by atoms with Crippen molar-refractivity contribution in [3.8, 4) is 0 Å². The third-order valence-corrected chi connectivity index (χ3v) is 6.02. The van der Waals surface area contributed by atoms with Crippen LogP contribution in [-0.2, 0) is 38.4 Å². The van der Waals surface area contributed by atoms with Crippen molar-refractivity contribution in [1.82, 2.24) is 10.2 Å². The van der Waals surface area contributed by atoms with Gasteiger partial charge in [0.05, 0.1) is 12.6 Å². The van der Waals surface area contributed by atoms with Crippen LogP contribution in [0.1, 0.15) is 37.0 Å². The standard InChI is InChI=1S/C26H32N2O5.ClH/c1-3-33-26(32)23(14-13-19-9-5-4-6-10-19)27-18(2)25(31)28(17-24(29)30)22-15-20-11-7-8-12-21(20)16-22;/h4-12,18,22-23,27H,3,13-17H2,1-2H3,(H,29,30);1H/t18-,23+;/m0./s1. The van der Waals surface area contributed by atoms with Crippen LogP contribution in [0.15, 0.2) is 54.6 Å². The van der Waals surface area contributed by atoms with E-state index in [0.717, 1.165) is 16.7 Å².